The van der Waals surface area contributed by atoms with Gasteiger partial charge in [-0.1, -0.05) is 42.5 Å². The van der Waals surface area contributed by atoms with Crippen LogP contribution in [0.4, 0.5) is 0 Å². The molecule has 1 heterocycles. The number of ether oxygens (including phenoxy) is 1. The molecule has 4 nitrogen and oxygen atoms in total. The van der Waals surface area contributed by atoms with Crippen molar-refractivity contribution in [1.82, 2.24) is 10.2 Å². The first-order valence-corrected chi connectivity index (χ1v) is 9.95. The summed E-state index contributed by atoms with van der Waals surface area (Å²) >= 11 is 0. The molecule has 0 bridgehead atoms. The quantitative estimate of drug-likeness (QED) is 0.799. The first-order valence-electron chi connectivity index (χ1n) is 9.95. The summed E-state index contributed by atoms with van der Waals surface area (Å²) in [4.78, 5) is 15.0. The summed E-state index contributed by atoms with van der Waals surface area (Å²) < 4.78 is 5.50. The molecule has 0 saturated carbocycles. The Morgan fingerprint density at radius 3 is 2.41 bits per heavy atom. The summed E-state index contributed by atoms with van der Waals surface area (Å²) in [5.41, 5.74) is 2.44. The van der Waals surface area contributed by atoms with E-state index in [1.807, 2.05) is 44.2 Å². The molecule has 0 unspecified atom stereocenters. The molecule has 2 aromatic carbocycles. The van der Waals surface area contributed by atoms with Crippen molar-refractivity contribution in [2.45, 2.75) is 39.3 Å². The third-order valence-electron chi connectivity index (χ3n) is 5.26. The molecular formula is C23H30N2O2. The summed E-state index contributed by atoms with van der Waals surface area (Å²) in [6, 6.07) is 18.5. The Morgan fingerprint density at radius 1 is 1.11 bits per heavy atom. The summed E-state index contributed by atoms with van der Waals surface area (Å²) in [5, 5.41) is 3.18. The minimum atomic E-state index is 0.0561. The predicted molar refractivity (Wildman–Crippen MR) is 109 cm³/mol. The van der Waals surface area contributed by atoms with Gasteiger partial charge < -0.3 is 10.1 Å². The Labute approximate surface area is 162 Å². The van der Waals surface area contributed by atoms with Crippen LogP contribution in [0.15, 0.2) is 54.6 Å². The van der Waals surface area contributed by atoms with E-state index >= 15 is 0 Å². The fourth-order valence-corrected chi connectivity index (χ4v) is 3.63. The van der Waals surface area contributed by atoms with Crippen molar-refractivity contribution in [2.75, 3.05) is 19.7 Å². The molecule has 144 valence electrons. The first-order chi connectivity index (χ1) is 13.2. The molecule has 1 amide bonds. The standard InChI is InChI=1S/C23H30N2O2/c1-3-27-22-11-9-19(10-12-22)17-25-15-13-21(14-16-25)23(26)24-18(2)20-7-5-4-6-8-20/h4-12,18,21H,3,13-17H2,1-2H3,(H,24,26)/t18-/m0/s1. The van der Waals surface area contributed by atoms with Crippen molar-refractivity contribution < 1.29 is 9.53 Å². The third-order valence-corrected chi connectivity index (χ3v) is 5.26. The zero-order chi connectivity index (χ0) is 19.1. The molecule has 0 aliphatic carbocycles. The normalized spacial score (nSPS) is 16.7. The lowest BCUT2D eigenvalue weighted by molar-refractivity contribution is -0.127. The summed E-state index contributed by atoms with van der Waals surface area (Å²) in [6.07, 6.45) is 1.84. The highest BCUT2D eigenvalue weighted by Crippen LogP contribution is 2.22. The number of likely N-dealkylation sites (tertiary alicyclic amines) is 1. The Hall–Kier alpha value is -2.33. The van der Waals surface area contributed by atoms with Crippen molar-refractivity contribution in [3.8, 4) is 5.75 Å². The van der Waals surface area contributed by atoms with Crippen molar-refractivity contribution in [3.05, 3.63) is 65.7 Å². The van der Waals surface area contributed by atoms with Gasteiger partial charge >= 0.3 is 0 Å². The molecule has 1 saturated heterocycles. The second-order valence-electron chi connectivity index (χ2n) is 7.27. The van der Waals surface area contributed by atoms with Crippen molar-refractivity contribution >= 4 is 5.91 Å². The van der Waals surface area contributed by atoms with Crippen LogP contribution in [0.5, 0.6) is 5.75 Å². The van der Waals surface area contributed by atoms with Gasteiger partial charge in [0.1, 0.15) is 5.75 Å². The Bertz CT molecular complexity index is 707. The lowest BCUT2D eigenvalue weighted by atomic mass is 9.95. The summed E-state index contributed by atoms with van der Waals surface area (Å²) in [5.74, 6) is 1.23. The highest BCUT2D eigenvalue weighted by atomic mass is 16.5. The number of carbonyl (C=O) groups is 1. The zero-order valence-electron chi connectivity index (χ0n) is 16.4. The average Bonchev–Trinajstić information content (AvgIpc) is 2.71. The monoisotopic (exact) mass is 366 g/mol. The lowest BCUT2D eigenvalue weighted by Gasteiger charge is -2.32. The topological polar surface area (TPSA) is 41.6 Å². The Kier molecular flexibility index (Phi) is 6.88. The maximum Gasteiger partial charge on any atom is 0.223 e. The van der Waals surface area contributed by atoms with E-state index in [1.165, 1.54) is 5.56 Å². The molecule has 3 rings (SSSR count). The van der Waals surface area contributed by atoms with E-state index < -0.39 is 0 Å². The van der Waals surface area contributed by atoms with Crippen molar-refractivity contribution in [3.63, 3.8) is 0 Å². The molecule has 1 aliphatic rings. The predicted octanol–water partition coefficient (Wildman–Crippen LogP) is 4.17. The van der Waals surface area contributed by atoms with E-state index in [2.05, 4.69) is 34.5 Å². The van der Waals surface area contributed by atoms with E-state index in [0.717, 1.165) is 43.8 Å². The van der Waals surface area contributed by atoms with Crippen LogP contribution in [0.1, 0.15) is 43.9 Å². The number of amides is 1. The molecule has 2 aromatic rings. The number of hydrogen-bond acceptors (Lipinski definition) is 3. The van der Waals surface area contributed by atoms with Gasteiger partial charge in [0.05, 0.1) is 12.6 Å². The largest absolute Gasteiger partial charge is 0.494 e. The summed E-state index contributed by atoms with van der Waals surface area (Å²) in [6.45, 7) is 7.60. The van der Waals surface area contributed by atoms with Gasteiger partial charge in [-0.25, -0.2) is 0 Å². The molecule has 27 heavy (non-hydrogen) atoms. The molecule has 1 N–H and O–H groups in total. The van der Waals surface area contributed by atoms with Crippen LogP contribution in [0.2, 0.25) is 0 Å². The number of hydrogen-bond donors (Lipinski definition) is 1. The third kappa shape index (κ3) is 5.57. The minimum Gasteiger partial charge on any atom is -0.494 e. The average molecular weight is 367 g/mol. The van der Waals surface area contributed by atoms with Crippen molar-refractivity contribution in [1.29, 1.82) is 0 Å². The number of benzene rings is 2. The first kappa shape index (κ1) is 19.4. The maximum absolute atomic E-state index is 12.6. The summed E-state index contributed by atoms with van der Waals surface area (Å²) in [7, 11) is 0. The van der Waals surface area contributed by atoms with Gasteiger partial charge in [0.25, 0.3) is 0 Å². The molecule has 0 aromatic heterocycles. The van der Waals surface area contributed by atoms with Crippen molar-refractivity contribution in [2.24, 2.45) is 5.92 Å². The second kappa shape index (κ2) is 9.56. The number of nitrogens with zero attached hydrogens (tertiary/aromatic N) is 1. The number of nitrogens with one attached hydrogen (secondary N) is 1. The lowest BCUT2D eigenvalue weighted by Crippen LogP contribution is -2.40. The number of carbonyl (C=O) groups excluding carboxylic acids is 1. The van der Waals surface area contributed by atoms with Gasteiger partial charge in [-0.05, 0) is 63.0 Å². The van der Waals surface area contributed by atoms with E-state index in [-0.39, 0.29) is 17.9 Å². The number of rotatable bonds is 7. The second-order valence-corrected chi connectivity index (χ2v) is 7.27. The fraction of sp³-hybridized carbons (Fsp3) is 0.435. The van der Waals surface area contributed by atoms with Gasteiger partial charge in [-0.15, -0.1) is 0 Å². The Balaban J connectivity index is 1.44. The van der Waals surface area contributed by atoms with E-state index in [9.17, 15) is 4.79 Å². The number of piperidine rings is 1. The van der Waals surface area contributed by atoms with Crippen LogP contribution in [0.3, 0.4) is 0 Å². The molecule has 0 spiro atoms. The van der Waals surface area contributed by atoms with Gasteiger partial charge in [-0.3, -0.25) is 9.69 Å². The van der Waals surface area contributed by atoms with Gasteiger partial charge in [0, 0.05) is 12.5 Å². The zero-order valence-corrected chi connectivity index (χ0v) is 16.4. The van der Waals surface area contributed by atoms with Gasteiger partial charge in [-0.2, -0.15) is 0 Å². The highest BCUT2D eigenvalue weighted by molar-refractivity contribution is 5.79. The molecular weight excluding hydrogens is 336 g/mol. The van der Waals surface area contributed by atoms with E-state index in [1.54, 1.807) is 0 Å². The van der Waals surface area contributed by atoms with Crippen LogP contribution in [0, 0.1) is 5.92 Å². The molecule has 1 aliphatic heterocycles. The minimum absolute atomic E-state index is 0.0561. The SMILES string of the molecule is CCOc1ccc(CN2CCC(C(=O)N[C@@H](C)c3ccccc3)CC2)cc1. The Morgan fingerprint density at radius 2 is 1.78 bits per heavy atom. The molecule has 1 fully saturated rings. The van der Waals surface area contributed by atoms with Crippen LogP contribution in [-0.2, 0) is 11.3 Å². The highest BCUT2D eigenvalue weighted by Gasteiger charge is 2.25. The van der Waals surface area contributed by atoms with E-state index in [0.29, 0.717) is 6.61 Å². The van der Waals surface area contributed by atoms with E-state index in [4.69, 9.17) is 4.74 Å². The van der Waals surface area contributed by atoms with Crippen LogP contribution >= 0.6 is 0 Å². The molecule has 0 radical (unpaired) electrons. The van der Waals surface area contributed by atoms with Crippen LogP contribution in [0.25, 0.3) is 0 Å². The van der Waals surface area contributed by atoms with Gasteiger partial charge in [0.15, 0.2) is 0 Å². The smallest absolute Gasteiger partial charge is 0.223 e. The van der Waals surface area contributed by atoms with Crippen LogP contribution in [-0.4, -0.2) is 30.5 Å². The molecule has 4 heteroatoms. The van der Waals surface area contributed by atoms with Gasteiger partial charge in [0.2, 0.25) is 5.91 Å². The van der Waals surface area contributed by atoms with Crippen LogP contribution < -0.4 is 10.1 Å². The molecule has 1 atom stereocenters. The maximum atomic E-state index is 12.6. The fourth-order valence-electron chi connectivity index (χ4n) is 3.63.